The topological polar surface area (TPSA) is 46.6 Å². The van der Waals surface area contributed by atoms with Gasteiger partial charge in [-0.05, 0) is 35.9 Å². The van der Waals surface area contributed by atoms with Crippen molar-refractivity contribution in [1.82, 2.24) is 0 Å². The molecular weight excluding hydrogens is 389 g/mol. The number of esters is 1. The van der Waals surface area contributed by atoms with Gasteiger partial charge < -0.3 is 4.74 Å². The standard InChI is InChI=1S/C19H13BrFNO3/c20-12-4-1-3-11(7-12)15-9-17(23)22(14-6-2-5-13(21)8-14)16-10-25-19(24)18(15)16/h1-8,15H,9-10H2/t15-/m0/s1. The summed E-state index contributed by atoms with van der Waals surface area (Å²) in [4.78, 5) is 26.5. The van der Waals surface area contributed by atoms with E-state index in [-0.39, 0.29) is 24.9 Å². The third kappa shape index (κ3) is 2.76. The summed E-state index contributed by atoms with van der Waals surface area (Å²) in [6.07, 6.45) is 0.126. The van der Waals surface area contributed by atoms with Crippen molar-refractivity contribution < 1.29 is 18.7 Å². The van der Waals surface area contributed by atoms with Gasteiger partial charge in [-0.25, -0.2) is 9.18 Å². The predicted octanol–water partition coefficient (Wildman–Crippen LogP) is 3.92. The first-order valence-corrected chi connectivity index (χ1v) is 8.58. The quantitative estimate of drug-likeness (QED) is 0.716. The maximum absolute atomic E-state index is 13.6. The molecule has 1 atom stereocenters. The molecule has 126 valence electrons. The zero-order valence-corrected chi connectivity index (χ0v) is 14.6. The molecule has 2 heterocycles. The van der Waals surface area contributed by atoms with Crippen LogP contribution in [0.4, 0.5) is 10.1 Å². The van der Waals surface area contributed by atoms with E-state index in [2.05, 4.69) is 15.9 Å². The van der Waals surface area contributed by atoms with Crippen molar-refractivity contribution in [3.8, 4) is 0 Å². The number of anilines is 1. The molecule has 2 aromatic rings. The number of halogens is 2. The van der Waals surface area contributed by atoms with Crippen molar-refractivity contribution in [2.75, 3.05) is 11.5 Å². The average Bonchev–Trinajstić information content (AvgIpc) is 2.96. The molecule has 4 rings (SSSR count). The van der Waals surface area contributed by atoms with Crippen molar-refractivity contribution >= 4 is 33.5 Å². The summed E-state index contributed by atoms with van der Waals surface area (Å²) in [5.41, 5.74) is 2.25. The number of hydrogen-bond donors (Lipinski definition) is 0. The number of rotatable bonds is 2. The zero-order valence-electron chi connectivity index (χ0n) is 13.0. The van der Waals surface area contributed by atoms with Gasteiger partial charge in [0.05, 0.1) is 17.0 Å². The smallest absolute Gasteiger partial charge is 0.336 e. The van der Waals surface area contributed by atoms with Gasteiger partial charge in [-0.1, -0.05) is 34.1 Å². The molecular formula is C19H13BrFNO3. The van der Waals surface area contributed by atoms with Gasteiger partial charge in [-0.2, -0.15) is 0 Å². The van der Waals surface area contributed by atoms with E-state index in [0.29, 0.717) is 17.0 Å². The fraction of sp³-hybridized carbons (Fsp3) is 0.158. The summed E-state index contributed by atoms with van der Waals surface area (Å²) in [7, 11) is 0. The summed E-state index contributed by atoms with van der Waals surface area (Å²) < 4.78 is 19.7. The highest BCUT2D eigenvalue weighted by molar-refractivity contribution is 9.10. The van der Waals surface area contributed by atoms with Gasteiger partial charge in [-0.3, -0.25) is 9.69 Å². The molecule has 0 radical (unpaired) electrons. The minimum atomic E-state index is -0.438. The molecule has 0 N–H and O–H groups in total. The average molecular weight is 402 g/mol. The Morgan fingerprint density at radius 3 is 2.68 bits per heavy atom. The van der Waals surface area contributed by atoms with Crippen LogP contribution < -0.4 is 4.90 Å². The van der Waals surface area contributed by atoms with E-state index in [1.54, 1.807) is 6.07 Å². The lowest BCUT2D eigenvalue weighted by molar-refractivity contribution is -0.136. The van der Waals surface area contributed by atoms with Crippen LogP contribution in [0.1, 0.15) is 17.9 Å². The van der Waals surface area contributed by atoms with E-state index < -0.39 is 11.8 Å². The van der Waals surface area contributed by atoms with Crippen LogP contribution in [0.2, 0.25) is 0 Å². The molecule has 0 aliphatic carbocycles. The number of amides is 1. The third-order valence-electron chi connectivity index (χ3n) is 4.43. The first-order chi connectivity index (χ1) is 12.0. The molecule has 25 heavy (non-hydrogen) atoms. The van der Waals surface area contributed by atoms with Gasteiger partial charge in [0.15, 0.2) is 0 Å². The lowest BCUT2D eigenvalue weighted by Crippen LogP contribution is -2.37. The van der Waals surface area contributed by atoms with Crippen molar-refractivity contribution in [2.24, 2.45) is 0 Å². The molecule has 1 amide bonds. The highest BCUT2D eigenvalue weighted by Crippen LogP contribution is 2.42. The van der Waals surface area contributed by atoms with Crippen LogP contribution in [-0.2, 0) is 14.3 Å². The van der Waals surface area contributed by atoms with E-state index in [0.717, 1.165) is 10.0 Å². The van der Waals surface area contributed by atoms with Crippen LogP contribution in [0, 0.1) is 5.82 Å². The van der Waals surface area contributed by atoms with Crippen molar-refractivity contribution in [3.05, 3.63) is 75.7 Å². The first-order valence-electron chi connectivity index (χ1n) is 7.79. The van der Waals surface area contributed by atoms with Crippen LogP contribution in [0.5, 0.6) is 0 Å². The molecule has 0 spiro atoms. The maximum atomic E-state index is 13.6. The Balaban J connectivity index is 1.84. The Kier molecular flexibility index (Phi) is 3.92. The lowest BCUT2D eigenvalue weighted by atomic mass is 9.84. The van der Waals surface area contributed by atoms with Crippen LogP contribution in [0.15, 0.2) is 64.3 Å². The van der Waals surface area contributed by atoms with Gasteiger partial charge >= 0.3 is 5.97 Å². The highest BCUT2D eigenvalue weighted by atomic mass is 79.9. The van der Waals surface area contributed by atoms with Crippen molar-refractivity contribution in [2.45, 2.75) is 12.3 Å². The van der Waals surface area contributed by atoms with Crippen LogP contribution >= 0.6 is 15.9 Å². The van der Waals surface area contributed by atoms with E-state index in [9.17, 15) is 14.0 Å². The number of hydrogen-bond acceptors (Lipinski definition) is 3. The molecule has 2 aliphatic heterocycles. The molecule has 2 aliphatic rings. The molecule has 0 saturated heterocycles. The number of benzene rings is 2. The molecule has 0 bridgehead atoms. The van der Waals surface area contributed by atoms with Crippen LogP contribution in [0.25, 0.3) is 0 Å². The summed E-state index contributed by atoms with van der Waals surface area (Å²) >= 11 is 3.42. The Hall–Kier alpha value is -2.47. The second kappa shape index (κ2) is 6.11. The molecule has 0 aromatic heterocycles. The molecule has 4 nitrogen and oxygen atoms in total. The third-order valence-corrected chi connectivity index (χ3v) is 4.93. The normalized spacial score (nSPS) is 19.9. The zero-order chi connectivity index (χ0) is 17.6. The molecule has 0 saturated carbocycles. The van der Waals surface area contributed by atoms with Gasteiger partial charge in [0.25, 0.3) is 0 Å². The predicted molar refractivity (Wildman–Crippen MR) is 93.4 cm³/mol. The number of cyclic esters (lactones) is 1. The summed E-state index contributed by atoms with van der Waals surface area (Å²) in [6, 6.07) is 13.3. The molecule has 0 unspecified atom stereocenters. The summed E-state index contributed by atoms with van der Waals surface area (Å²) in [5, 5.41) is 0. The maximum Gasteiger partial charge on any atom is 0.336 e. The lowest BCUT2D eigenvalue weighted by Gasteiger charge is -2.31. The fourth-order valence-electron chi connectivity index (χ4n) is 3.38. The highest BCUT2D eigenvalue weighted by Gasteiger charge is 2.43. The van der Waals surface area contributed by atoms with Crippen molar-refractivity contribution in [1.29, 1.82) is 0 Å². The van der Waals surface area contributed by atoms with Crippen LogP contribution in [-0.4, -0.2) is 18.5 Å². The van der Waals surface area contributed by atoms with E-state index in [4.69, 9.17) is 4.74 Å². The van der Waals surface area contributed by atoms with Crippen molar-refractivity contribution in [3.63, 3.8) is 0 Å². The van der Waals surface area contributed by atoms with E-state index in [1.807, 2.05) is 24.3 Å². The second-order valence-electron chi connectivity index (χ2n) is 5.96. The SMILES string of the molecule is O=C1OCC2=C1[C@H](c1cccc(Br)c1)CC(=O)N2c1cccc(F)c1. The molecule has 0 fully saturated rings. The monoisotopic (exact) mass is 401 g/mol. The number of carbonyl (C=O) groups excluding carboxylic acids is 2. The minimum absolute atomic E-state index is 0.0148. The van der Waals surface area contributed by atoms with Gasteiger partial charge in [-0.15, -0.1) is 0 Å². The van der Waals surface area contributed by atoms with Crippen LogP contribution in [0.3, 0.4) is 0 Å². The number of carbonyl (C=O) groups is 2. The first kappa shape index (κ1) is 16.0. The van der Waals surface area contributed by atoms with Gasteiger partial charge in [0.2, 0.25) is 5.91 Å². The fourth-order valence-corrected chi connectivity index (χ4v) is 3.79. The Labute approximate surface area is 152 Å². The molecule has 6 heteroatoms. The minimum Gasteiger partial charge on any atom is -0.456 e. The van der Waals surface area contributed by atoms with Gasteiger partial charge in [0, 0.05) is 16.8 Å². The largest absolute Gasteiger partial charge is 0.456 e. The number of nitrogens with zero attached hydrogens (tertiary/aromatic N) is 1. The Morgan fingerprint density at radius 1 is 1.12 bits per heavy atom. The van der Waals surface area contributed by atoms with E-state index >= 15 is 0 Å². The second-order valence-corrected chi connectivity index (χ2v) is 6.87. The summed E-state index contributed by atoms with van der Waals surface area (Å²) in [5.74, 6) is -1.41. The number of ether oxygens (including phenoxy) is 1. The Morgan fingerprint density at radius 2 is 1.92 bits per heavy atom. The molecule has 2 aromatic carbocycles. The Bertz CT molecular complexity index is 924. The summed E-state index contributed by atoms with van der Waals surface area (Å²) in [6.45, 7) is 0.0148. The van der Waals surface area contributed by atoms with E-state index in [1.165, 1.54) is 23.1 Å². The van der Waals surface area contributed by atoms with Gasteiger partial charge in [0.1, 0.15) is 12.4 Å².